The quantitative estimate of drug-likeness (QED) is 0.575. The number of ether oxygens (including phenoxy) is 1. The first kappa shape index (κ1) is 16.8. The summed E-state index contributed by atoms with van der Waals surface area (Å²) in [6, 6.07) is 18.0. The molecule has 0 atom stereocenters. The molecule has 1 N–H and O–H groups in total. The maximum Gasteiger partial charge on any atom is 0.261 e. The van der Waals surface area contributed by atoms with Crippen molar-refractivity contribution in [2.24, 2.45) is 0 Å². The summed E-state index contributed by atoms with van der Waals surface area (Å²) in [7, 11) is -3.66. The molecule has 0 spiro atoms. The molecule has 140 valence electrons. The third-order valence-electron chi connectivity index (χ3n) is 4.77. The van der Waals surface area contributed by atoms with Crippen molar-refractivity contribution in [2.75, 3.05) is 11.3 Å². The first-order valence-electron chi connectivity index (χ1n) is 8.91. The highest BCUT2D eigenvalue weighted by Crippen LogP contribution is 2.29. The molecule has 0 fully saturated rings. The molecule has 0 bridgehead atoms. The smallest absolute Gasteiger partial charge is 0.261 e. The fraction of sp³-hybridized carbons (Fsp3) is 0.0952. The molecule has 1 aliphatic rings. The summed E-state index contributed by atoms with van der Waals surface area (Å²) in [5, 5.41) is 0. The highest BCUT2D eigenvalue weighted by Gasteiger charge is 2.19. The standard InChI is InChI=1S/C21H17N3O3S/c25-28(26,18-8-9-20-16(13-18)10-12-27-20)23-17-6-4-15(5-7-17)19-14-24-11-2-1-3-21(24)22-19/h1-9,11,13-14,23H,10,12H2. The summed E-state index contributed by atoms with van der Waals surface area (Å²) >= 11 is 0. The highest BCUT2D eigenvalue weighted by atomic mass is 32.2. The van der Waals surface area contributed by atoms with Crippen molar-refractivity contribution >= 4 is 21.4 Å². The van der Waals surface area contributed by atoms with Gasteiger partial charge in [-0.15, -0.1) is 0 Å². The van der Waals surface area contributed by atoms with Crippen LogP contribution in [0.3, 0.4) is 0 Å². The zero-order valence-electron chi connectivity index (χ0n) is 14.9. The molecule has 7 heteroatoms. The molecule has 0 saturated carbocycles. The Hall–Kier alpha value is -3.32. The molecule has 2 aromatic carbocycles. The van der Waals surface area contributed by atoms with Crippen molar-refractivity contribution in [3.8, 4) is 17.0 Å². The van der Waals surface area contributed by atoms with Gasteiger partial charge in [0, 0.05) is 30.1 Å². The number of hydrogen-bond acceptors (Lipinski definition) is 4. The van der Waals surface area contributed by atoms with Crippen molar-refractivity contribution in [3.05, 3.63) is 78.6 Å². The van der Waals surface area contributed by atoms with Crippen LogP contribution in [0.1, 0.15) is 5.56 Å². The predicted molar refractivity (Wildman–Crippen MR) is 107 cm³/mol. The number of benzene rings is 2. The van der Waals surface area contributed by atoms with E-state index in [-0.39, 0.29) is 4.90 Å². The number of nitrogens with one attached hydrogen (secondary N) is 1. The van der Waals surface area contributed by atoms with E-state index >= 15 is 0 Å². The van der Waals surface area contributed by atoms with Gasteiger partial charge in [0.2, 0.25) is 0 Å². The van der Waals surface area contributed by atoms with E-state index in [4.69, 9.17) is 4.74 Å². The molecule has 3 heterocycles. The maximum atomic E-state index is 12.7. The van der Waals surface area contributed by atoms with Crippen molar-refractivity contribution in [2.45, 2.75) is 11.3 Å². The van der Waals surface area contributed by atoms with Crippen LogP contribution in [0, 0.1) is 0 Å². The predicted octanol–water partition coefficient (Wildman–Crippen LogP) is 3.74. The average molecular weight is 391 g/mol. The van der Waals surface area contributed by atoms with E-state index in [9.17, 15) is 8.42 Å². The zero-order chi connectivity index (χ0) is 19.1. The Morgan fingerprint density at radius 1 is 1.04 bits per heavy atom. The second-order valence-electron chi connectivity index (χ2n) is 6.64. The van der Waals surface area contributed by atoms with Crippen LogP contribution in [0.25, 0.3) is 16.9 Å². The van der Waals surface area contributed by atoms with Crippen LogP contribution in [-0.4, -0.2) is 24.4 Å². The van der Waals surface area contributed by atoms with Crippen molar-refractivity contribution < 1.29 is 13.2 Å². The van der Waals surface area contributed by atoms with E-state index in [1.165, 1.54) is 0 Å². The summed E-state index contributed by atoms with van der Waals surface area (Å²) in [6.07, 6.45) is 4.61. The number of anilines is 1. The second-order valence-corrected chi connectivity index (χ2v) is 8.33. The van der Waals surface area contributed by atoms with E-state index in [2.05, 4.69) is 9.71 Å². The fourth-order valence-electron chi connectivity index (χ4n) is 3.33. The van der Waals surface area contributed by atoms with Gasteiger partial charge in [0.05, 0.1) is 17.2 Å². The lowest BCUT2D eigenvalue weighted by molar-refractivity contribution is 0.356. The monoisotopic (exact) mass is 391 g/mol. The molecular weight excluding hydrogens is 374 g/mol. The second kappa shape index (κ2) is 6.38. The molecule has 1 aliphatic heterocycles. The van der Waals surface area contributed by atoms with Gasteiger partial charge in [-0.1, -0.05) is 18.2 Å². The lowest BCUT2D eigenvalue weighted by Crippen LogP contribution is -2.13. The Balaban J connectivity index is 1.39. The Morgan fingerprint density at radius 2 is 1.89 bits per heavy atom. The van der Waals surface area contributed by atoms with Gasteiger partial charge in [-0.25, -0.2) is 13.4 Å². The molecule has 0 aliphatic carbocycles. The van der Waals surface area contributed by atoms with Crippen molar-refractivity contribution in [1.82, 2.24) is 9.38 Å². The van der Waals surface area contributed by atoms with Gasteiger partial charge >= 0.3 is 0 Å². The van der Waals surface area contributed by atoms with Gasteiger partial charge in [0.15, 0.2) is 0 Å². The van der Waals surface area contributed by atoms with Gasteiger partial charge < -0.3 is 9.14 Å². The number of pyridine rings is 1. The van der Waals surface area contributed by atoms with E-state index in [0.717, 1.165) is 34.6 Å². The van der Waals surface area contributed by atoms with Crippen molar-refractivity contribution in [1.29, 1.82) is 0 Å². The number of rotatable bonds is 4. The van der Waals surface area contributed by atoms with Crippen molar-refractivity contribution in [3.63, 3.8) is 0 Å². The number of fused-ring (bicyclic) bond motifs is 2. The minimum Gasteiger partial charge on any atom is -0.493 e. The van der Waals surface area contributed by atoms with Gasteiger partial charge in [0.1, 0.15) is 11.4 Å². The Morgan fingerprint density at radius 3 is 2.71 bits per heavy atom. The minimum atomic E-state index is -3.66. The third kappa shape index (κ3) is 2.99. The number of imidazole rings is 1. The number of hydrogen-bond donors (Lipinski definition) is 1. The minimum absolute atomic E-state index is 0.237. The summed E-state index contributed by atoms with van der Waals surface area (Å²) in [4.78, 5) is 4.82. The van der Waals surface area contributed by atoms with Crippen LogP contribution in [0.5, 0.6) is 5.75 Å². The normalized spacial score (nSPS) is 13.3. The highest BCUT2D eigenvalue weighted by molar-refractivity contribution is 7.92. The summed E-state index contributed by atoms with van der Waals surface area (Å²) in [6.45, 7) is 0.594. The Kier molecular flexibility index (Phi) is 3.84. The largest absolute Gasteiger partial charge is 0.493 e. The van der Waals surface area contributed by atoms with Gasteiger partial charge in [-0.3, -0.25) is 4.72 Å². The number of sulfonamides is 1. The van der Waals surface area contributed by atoms with Gasteiger partial charge in [-0.2, -0.15) is 0 Å². The van der Waals surface area contributed by atoms with Crippen LogP contribution in [0.2, 0.25) is 0 Å². The fourth-order valence-corrected chi connectivity index (χ4v) is 4.44. The molecule has 6 nitrogen and oxygen atoms in total. The van der Waals surface area contributed by atoms with Crippen LogP contribution in [-0.2, 0) is 16.4 Å². The van der Waals surface area contributed by atoms with E-state index in [1.807, 2.05) is 47.1 Å². The Bertz CT molecular complexity index is 1250. The summed E-state index contributed by atoms with van der Waals surface area (Å²) < 4.78 is 35.4. The topological polar surface area (TPSA) is 72.7 Å². The van der Waals surface area contributed by atoms with Crippen LogP contribution in [0.15, 0.2) is 78.0 Å². The van der Waals surface area contributed by atoms with E-state index in [0.29, 0.717) is 12.3 Å². The number of aromatic nitrogens is 2. The molecule has 0 unspecified atom stereocenters. The van der Waals surface area contributed by atoms with E-state index in [1.54, 1.807) is 30.3 Å². The Labute approximate surface area is 162 Å². The van der Waals surface area contributed by atoms with Gasteiger partial charge in [-0.05, 0) is 48.0 Å². The first-order valence-corrected chi connectivity index (χ1v) is 10.4. The molecule has 5 rings (SSSR count). The lowest BCUT2D eigenvalue weighted by atomic mass is 10.1. The molecule has 4 aromatic rings. The van der Waals surface area contributed by atoms with Gasteiger partial charge in [0.25, 0.3) is 10.0 Å². The molecule has 0 saturated heterocycles. The lowest BCUT2D eigenvalue weighted by Gasteiger charge is -2.09. The molecule has 2 aromatic heterocycles. The van der Waals surface area contributed by atoms with E-state index < -0.39 is 10.0 Å². The molecular formula is C21H17N3O3S. The van der Waals surface area contributed by atoms with Crippen LogP contribution in [0.4, 0.5) is 5.69 Å². The third-order valence-corrected chi connectivity index (χ3v) is 6.15. The first-order chi connectivity index (χ1) is 13.6. The molecule has 0 amide bonds. The number of nitrogens with zero attached hydrogens (tertiary/aromatic N) is 2. The zero-order valence-corrected chi connectivity index (χ0v) is 15.7. The van der Waals surface area contributed by atoms with Crippen LogP contribution >= 0.6 is 0 Å². The SMILES string of the molecule is O=S(=O)(Nc1ccc(-c2cn3ccccc3n2)cc1)c1ccc2c(c1)CCO2. The molecule has 0 radical (unpaired) electrons. The van der Waals surface area contributed by atoms with Crippen LogP contribution < -0.4 is 9.46 Å². The molecule has 28 heavy (non-hydrogen) atoms. The maximum absolute atomic E-state index is 12.7. The average Bonchev–Trinajstić information content (AvgIpc) is 3.34. The summed E-state index contributed by atoms with van der Waals surface area (Å²) in [5.74, 6) is 0.760. The summed E-state index contributed by atoms with van der Waals surface area (Å²) in [5.41, 5.74) is 4.04.